The molecule has 2 unspecified atom stereocenters. The van der Waals surface area contributed by atoms with Crippen LogP contribution in [-0.4, -0.2) is 47.6 Å². The number of carboxylic acid groups (broad SMARTS) is 1. The van der Waals surface area contributed by atoms with Gasteiger partial charge < -0.3 is 15.3 Å². The van der Waals surface area contributed by atoms with Gasteiger partial charge in [-0.05, 0) is 38.3 Å². The molecule has 0 radical (unpaired) electrons. The number of nitrogens with zero attached hydrogens (tertiary/aromatic N) is 1. The summed E-state index contributed by atoms with van der Waals surface area (Å²) < 4.78 is 0. The van der Waals surface area contributed by atoms with Crippen LogP contribution in [0.3, 0.4) is 0 Å². The molecule has 0 saturated carbocycles. The fourth-order valence-electron chi connectivity index (χ4n) is 2.79. The number of carboxylic acids is 1. The van der Waals surface area contributed by atoms with Gasteiger partial charge in [-0.25, -0.2) is 4.79 Å². The summed E-state index contributed by atoms with van der Waals surface area (Å²) in [5.74, 6) is -0.463. The first-order chi connectivity index (χ1) is 9.02. The normalized spacial score (nSPS) is 22.5. The SMILES string of the molecule is CCCC1CCCN(CC(NC(C)=O)C(=O)O)CC1. The summed E-state index contributed by atoms with van der Waals surface area (Å²) >= 11 is 0. The summed E-state index contributed by atoms with van der Waals surface area (Å²) in [6, 6.07) is -0.791. The molecule has 0 spiro atoms. The van der Waals surface area contributed by atoms with Crippen molar-refractivity contribution in [2.45, 2.75) is 52.0 Å². The minimum absolute atomic E-state index is 0.286. The minimum Gasteiger partial charge on any atom is -0.480 e. The van der Waals surface area contributed by atoms with Crippen molar-refractivity contribution in [3.05, 3.63) is 0 Å². The second kappa shape index (κ2) is 8.15. The quantitative estimate of drug-likeness (QED) is 0.767. The molecular weight excluding hydrogens is 244 g/mol. The molecule has 1 heterocycles. The zero-order valence-electron chi connectivity index (χ0n) is 12.0. The lowest BCUT2D eigenvalue weighted by Crippen LogP contribution is -2.48. The predicted octanol–water partition coefficient (Wildman–Crippen LogP) is 1.48. The number of aliphatic carboxylic acids is 1. The van der Waals surface area contributed by atoms with Crippen LogP contribution in [0.15, 0.2) is 0 Å². The lowest BCUT2D eigenvalue weighted by molar-refractivity contribution is -0.142. The lowest BCUT2D eigenvalue weighted by Gasteiger charge is -2.24. The lowest BCUT2D eigenvalue weighted by atomic mass is 9.96. The summed E-state index contributed by atoms with van der Waals surface area (Å²) in [5.41, 5.74) is 0. The molecule has 0 aromatic rings. The van der Waals surface area contributed by atoms with Crippen LogP contribution < -0.4 is 5.32 Å². The van der Waals surface area contributed by atoms with Crippen LogP contribution in [-0.2, 0) is 9.59 Å². The Morgan fingerprint density at radius 1 is 1.37 bits per heavy atom. The van der Waals surface area contributed by atoms with Gasteiger partial charge in [0.1, 0.15) is 6.04 Å². The van der Waals surface area contributed by atoms with Crippen LogP contribution in [0.1, 0.15) is 46.0 Å². The molecule has 0 aliphatic carbocycles. The number of hydrogen-bond donors (Lipinski definition) is 2. The number of likely N-dealkylation sites (tertiary alicyclic amines) is 1. The molecule has 1 saturated heterocycles. The Bertz CT molecular complexity index is 307. The van der Waals surface area contributed by atoms with Crippen LogP contribution in [0.4, 0.5) is 0 Å². The molecule has 1 rings (SSSR count). The third-order valence-corrected chi connectivity index (χ3v) is 3.75. The van der Waals surface area contributed by atoms with Crippen molar-refractivity contribution in [2.75, 3.05) is 19.6 Å². The predicted molar refractivity (Wildman–Crippen MR) is 73.9 cm³/mol. The Labute approximate surface area is 115 Å². The topological polar surface area (TPSA) is 69.6 Å². The first kappa shape index (κ1) is 16.0. The number of hydrogen-bond acceptors (Lipinski definition) is 3. The highest BCUT2D eigenvalue weighted by molar-refractivity contribution is 5.82. The molecule has 110 valence electrons. The molecule has 19 heavy (non-hydrogen) atoms. The average Bonchev–Trinajstić information content (AvgIpc) is 2.54. The fourth-order valence-corrected chi connectivity index (χ4v) is 2.79. The first-order valence-electron chi connectivity index (χ1n) is 7.25. The van der Waals surface area contributed by atoms with E-state index in [-0.39, 0.29) is 5.91 Å². The van der Waals surface area contributed by atoms with Crippen LogP contribution in [0.2, 0.25) is 0 Å². The van der Waals surface area contributed by atoms with E-state index in [1.165, 1.54) is 26.2 Å². The van der Waals surface area contributed by atoms with Crippen molar-refractivity contribution in [3.63, 3.8) is 0 Å². The van der Waals surface area contributed by atoms with E-state index in [0.717, 1.165) is 31.8 Å². The van der Waals surface area contributed by atoms with Gasteiger partial charge in [-0.15, -0.1) is 0 Å². The first-order valence-corrected chi connectivity index (χ1v) is 7.25. The van der Waals surface area contributed by atoms with Crippen molar-refractivity contribution in [2.24, 2.45) is 5.92 Å². The monoisotopic (exact) mass is 270 g/mol. The molecule has 0 bridgehead atoms. The van der Waals surface area contributed by atoms with E-state index in [1.807, 2.05) is 0 Å². The summed E-state index contributed by atoms with van der Waals surface area (Å²) in [6.45, 7) is 5.85. The van der Waals surface area contributed by atoms with E-state index < -0.39 is 12.0 Å². The molecule has 0 aromatic carbocycles. The number of carbonyl (C=O) groups excluding carboxylic acids is 1. The van der Waals surface area contributed by atoms with Crippen molar-refractivity contribution in [3.8, 4) is 0 Å². The van der Waals surface area contributed by atoms with Gasteiger partial charge in [0.2, 0.25) is 5.91 Å². The second-order valence-electron chi connectivity index (χ2n) is 5.48. The van der Waals surface area contributed by atoms with Crippen molar-refractivity contribution in [1.29, 1.82) is 0 Å². The molecule has 5 nitrogen and oxygen atoms in total. The largest absolute Gasteiger partial charge is 0.480 e. The van der Waals surface area contributed by atoms with Gasteiger partial charge in [-0.3, -0.25) is 4.79 Å². The van der Waals surface area contributed by atoms with Crippen LogP contribution in [0, 0.1) is 5.92 Å². The molecule has 2 N–H and O–H groups in total. The van der Waals surface area contributed by atoms with Crippen molar-refractivity contribution < 1.29 is 14.7 Å². The number of amides is 1. The minimum atomic E-state index is -0.954. The third kappa shape index (κ3) is 6.05. The van der Waals surface area contributed by atoms with Crippen LogP contribution in [0.5, 0.6) is 0 Å². The zero-order chi connectivity index (χ0) is 14.3. The molecule has 2 atom stereocenters. The van der Waals surface area contributed by atoms with E-state index in [0.29, 0.717) is 6.54 Å². The second-order valence-corrected chi connectivity index (χ2v) is 5.48. The highest BCUT2D eigenvalue weighted by atomic mass is 16.4. The zero-order valence-corrected chi connectivity index (χ0v) is 12.0. The number of rotatable bonds is 6. The Balaban J connectivity index is 2.46. The van der Waals surface area contributed by atoms with Gasteiger partial charge in [0.15, 0.2) is 0 Å². The summed E-state index contributed by atoms with van der Waals surface area (Å²) in [6.07, 6.45) is 5.98. The molecule has 1 fully saturated rings. The van der Waals surface area contributed by atoms with Gasteiger partial charge in [-0.2, -0.15) is 0 Å². The Hall–Kier alpha value is -1.10. The van der Waals surface area contributed by atoms with Gasteiger partial charge in [0, 0.05) is 13.5 Å². The molecule has 1 amide bonds. The Kier molecular flexibility index (Phi) is 6.84. The van der Waals surface area contributed by atoms with Crippen molar-refractivity contribution in [1.82, 2.24) is 10.2 Å². The smallest absolute Gasteiger partial charge is 0.327 e. The standard InChI is InChI=1S/C14H26N2O3/c1-3-5-12-6-4-8-16(9-7-12)10-13(14(18)19)15-11(2)17/h12-13H,3-10H2,1-2H3,(H,15,17)(H,18,19). The highest BCUT2D eigenvalue weighted by Gasteiger charge is 2.24. The molecular formula is C14H26N2O3. The Morgan fingerprint density at radius 3 is 2.68 bits per heavy atom. The highest BCUT2D eigenvalue weighted by Crippen LogP contribution is 2.21. The fraction of sp³-hybridized carbons (Fsp3) is 0.857. The van der Waals surface area contributed by atoms with E-state index in [1.54, 1.807) is 0 Å². The van der Waals surface area contributed by atoms with Crippen molar-refractivity contribution >= 4 is 11.9 Å². The molecule has 5 heteroatoms. The summed E-state index contributed by atoms with van der Waals surface area (Å²) in [4.78, 5) is 24.3. The molecule has 0 aromatic heterocycles. The van der Waals surface area contributed by atoms with E-state index in [4.69, 9.17) is 5.11 Å². The maximum Gasteiger partial charge on any atom is 0.327 e. The van der Waals surface area contributed by atoms with E-state index in [2.05, 4.69) is 17.1 Å². The maximum atomic E-state index is 11.1. The van der Waals surface area contributed by atoms with Gasteiger partial charge >= 0.3 is 5.97 Å². The molecule has 1 aliphatic heterocycles. The average molecular weight is 270 g/mol. The maximum absolute atomic E-state index is 11.1. The van der Waals surface area contributed by atoms with Gasteiger partial charge in [-0.1, -0.05) is 19.8 Å². The third-order valence-electron chi connectivity index (χ3n) is 3.75. The Morgan fingerprint density at radius 2 is 2.11 bits per heavy atom. The van der Waals surface area contributed by atoms with Gasteiger partial charge in [0.25, 0.3) is 0 Å². The summed E-state index contributed by atoms with van der Waals surface area (Å²) in [7, 11) is 0. The number of carbonyl (C=O) groups is 2. The van der Waals surface area contributed by atoms with Gasteiger partial charge in [0.05, 0.1) is 0 Å². The van der Waals surface area contributed by atoms with Crippen LogP contribution >= 0.6 is 0 Å². The summed E-state index contributed by atoms with van der Waals surface area (Å²) in [5, 5.41) is 11.6. The van der Waals surface area contributed by atoms with E-state index >= 15 is 0 Å². The van der Waals surface area contributed by atoms with Crippen LogP contribution in [0.25, 0.3) is 0 Å². The number of nitrogens with one attached hydrogen (secondary N) is 1. The molecule has 1 aliphatic rings. The van der Waals surface area contributed by atoms with E-state index in [9.17, 15) is 9.59 Å².